The summed E-state index contributed by atoms with van der Waals surface area (Å²) in [6, 6.07) is -0.218. The van der Waals surface area contributed by atoms with E-state index in [0.717, 1.165) is 12.2 Å². The predicted octanol–water partition coefficient (Wildman–Crippen LogP) is 0.721. The van der Waals surface area contributed by atoms with Crippen LogP contribution in [-0.2, 0) is 9.53 Å². The van der Waals surface area contributed by atoms with Crippen molar-refractivity contribution in [2.45, 2.75) is 18.9 Å². The molecule has 0 aliphatic carbocycles. The van der Waals surface area contributed by atoms with Crippen LogP contribution < -0.4 is 0 Å². The van der Waals surface area contributed by atoms with Crippen LogP contribution in [-0.4, -0.2) is 77.3 Å². The average molecular weight is 288 g/mol. The van der Waals surface area contributed by atoms with Crippen molar-refractivity contribution < 1.29 is 19.4 Å². The van der Waals surface area contributed by atoms with Gasteiger partial charge < -0.3 is 19.6 Å². The molecule has 7 heteroatoms. The number of carboxylic acid groups (broad SMARTS) is 1. The number of thioether (sulfide) groups is 1. The van der Waals surface area contributed by atoms with Crippen molar-refractivity contribution in [1.82, 2.24) is 9.80 Å². The Balaban J connectivity index is 1.99. The zero-order valence-electron chi connectivity index (χ0n) is 10.9. The molecule has 1 atom stereocenters. The number of carbonyl (C=O) groups excluding carboxylic acids is 1. The van der Waals surface area contributed by atoms with Gasteiger partial charge in [-0.05, 0) is 6.42 Å². The number of ether oxygens (including phenoxy) is 1. The first-order valence-electron chi connectivity index (χ1n) is 6.61. The van der Waals surface area contributed by atoms with Crippen LogP contribution in [0.2, 0.25) is 0 Å². The van der Waals surface area contributed by atoms with Gasteiger partial charge in [-0.2, -0.15) is 11.8 Å². The van der Waals surface area contributed by atoms with E-state index in [4.69, 9.17) is 9.84 Å². The lowest BCUT2D eigenvalue weighted by atomic mass is 10.2. The second-order valence-corrected chi connectivity index (χ2v) is 5.91. The van der Waals surface area contributed by atoms with E-state index >= 15 is 0 Å². The first-order chi connectivity index (χ1) is 9.18. The van der Waals surface area contributed by atoms with Gasteiger partial charge in [-0.1, -0.05) is 0 Å². The zero-order chi connectivity index (χ0) is 13.7. The smallest absolute Gasteiger partial charge is 0.320 e. The van der Waals surface area contributed by atoms with Gasteiger partial charge in [0.2, 0.25) is 0 Å². The van der Waals surface area contributed by atoms with Crippen molar-refractivity contribution in [2.75, 3.05) is 44.4 Å². The van der Waals surface area contributed by atoms with E-state index in [1.165, 1.54) is 0 Å². The van der Waals surface area contributed by atoms with Crippen molar-refractivity contribution in [3.63, 3.8) is 0 Å². The normalized spacial score (nSPS) is 24.9. The molecule has 1 unspecified atom stereocenters. The third kappa shape index (κ3) is 4.01. The van der Waals surface area contributed by atoms with Gasteiger partial charge in [0, 0.05) is 37.7 Å². The van der Waals surface area contributed by atoms with Gasteiger partial charge in [0.15, 0.2) is 0 Å². The molecular formula is C12H20N2O4S. The van der Waals surface area contributed by atoms with Gasteiger partial charge in [0.25, 0.3) is 0 Å². The predicted molar refractivity (Wildman–Crippen MR) is 72.5 cm³/mol. The first-order valence-corrected chi connectivity index (χ1v) is 7.77. The largest absolute Gasteiger partial charge is 0.481 e. The summed E-state index contributed by atoms with van der Waals surface area (Å²) in [7, 11) is 0. The summed E-state index contributed by atoms with van der Waals surface area (Å²) in [5.74, 6) is 0.749. The van der Waals surface area contributed by atoms with E-state index in [0.29, 0.717) is 38.6 Å². The quantitative estimate of drug-likeness (QED) is 0.811. The van der Waals surface area contributed by atoms with E-state index in [1.807, 2.05) is 0 Å². The molecule has 1 N–H and O–H groups in total. The molecule has 0 saturated carbocycles. The Morgan fingerprint density at radius 3 is 2.89 bits per heavy atom. The second-order valence-electron chi connectivity index (χ2n) is 4.76. The first kappa shape index (κ1) is 14.5. The standard InChI is InChI=1S/C12H20N2O4S/c15-11(16)8-10-9-19-7-4-14(10)12(17)13-2-1-5-18-6-3-13/h10H,1-9H2,(H,15,16). The SMILES string of the molecule is O=C(O)CC1CSCCN1C(=O)N1CCCOCC1. The van der Waals surface area contributed by atoms with Crippen LogP contribution in [0.5, 0.6) is 0 Å². The molecule has 2 amide bonds. The fraction of sp³-hybridized carbons (Fsp3) is 0.833. The minimum Gasteiger partial charge on any atom is -0.481 e. The second kappa shape index (κ2) is 7.00. The van der Waals surface area contributed by atoms with Crippen LogP contribution in [0.4, 0.5) is 4.79 Å². The number of hydrogen-bond acceptors (Lipinski definition) is 4. The number of nitrogens with zero attached hydrogens (tertiary/aromatic N) is 2. The topological polar surface area (TPSA) is 70.1 Å². The molecule has 0 aromatic rings. The van der Waals surface area contributed by atoms with Gasteiger partial charge >= 0.3 is 12.0 Å². The molecular weight excluding hydrogens is 268 g/mol. The number of amides is 2. The molecule has 2 saturated heterocycles. The lowest BCUT2D eigenvalue weighted by Gasteiger charge is -2.37. The van der Waals surface area contributed by atoms with Crippen LogP contribution in [0.3, 0.4) is 0 Å². The lowest BCUT2D eigenvalue weighted by molar-refractivity contribution is -0.138. The summed E-state index contributed by atoms with van der Waals surface area (Å²) in [6.07, 6.45) is 0.876. The summed E-state index contributed by atoms with van der Waals surface area (Å²) >= 11 is 1.72. The van der Waals surface area contributed by atoms with E-state index in [9.17, 15) is 9.59 Å². The van der Waals surface area contributed by atoms with Crippen LogP contribution in [0, 0.1) is 0 Å². The average Bonchev–Trinajstić information content (AvgIpc) is 2.67. The number of aliphatic carboxylic acids is 1. The monoisotopic (exact) mass is 288 g/mol. The van der Waals surface area contributed by atoms with Crippen LogP contribution in [0.15, 0.2) is 0 Å². The highest BCUT2D eigenvalue weighted by Crippen LogP contribution is 2.21. The number of hydrogen-bond donors (Lipinski definition) is 1. The molecule has 2 fully saturated rings. The van der Waals surface area contributed by atoms with Gasteiger partial charge in [-0.3, -0.25) is 4.79 Å². The van der Waals surface area contributed by atoms with Gasteiger partial charge in [-0.25, -0.2) is 4.79 Å². The Kier molecular flexibility index (Phi) is 5.33. The maximum Gasteiger partial charge on any atom is 0.320 e. The molecule has 0 spiro atoms. The summed E-state index contributed by atoms with van der Waals surface area (Å²) in [6.45, 7) is 3.19. The molecule has 19 heavy (non-hydrogen) atoms. The van der Waals surface area contributed by atoms with Crippen LogP contribution in [0.25, 0.3) is 0 Å². The molecule has 0 aromatic heterocycles. The third-order valence-corrected chi connectivity index (χ3v) is 4.47. The minimum atomic E-state index is -0.843. The zero-order valence-corrected chi connectivity index (χ0v) is 11.7. The number of urea groups is 1. The Labute approximate surface area is 117 Å². The van der Waals surface area contributed by atoms with Crippen LogP contribution >= 0.6 is 11.8 Å². The molecule has 6 nitrogen and oxygen atoms in total. The van der Waals surface area contributed by atoms with Crippen molar-refractivity contribution in [1.29, 1.82) is 0 Å². The molecule has 0 radical (unpaired) electrons. The van der Waals surface area contributed by atoms with E-state index in [-0.39, 0.29) is 18.5 Å². The van der Waals surface area contributed by atoms with E-state index in [1.54, 1.807) is 21.6 Å². The number of carboxylic acids is 1. The molecule has 2 aliphatic heterocycles. The molecule has 2 aliphatic rings. The van der Waals surface area contributed by atoms with Crippen molar-refractivity contribution in [2.24, 2.45) is 0 Å². The molecule has 0 aromatic carbocycles. The summed E-state index contributed by atoms with van der Waals surface area (Å²) < 4.78 is 5.34. The Morgan fingerprint density at radius 1 is 1.26 bits per heavy atom. The van der Waals surface area contributed by atoms with E-state index < -0.39 is 5.97 Å². The van der Waals surface area contributed by atoms with Gasteiger partial charge in [0.05, 0.1) is 19.1 Å². The Hall–Kier alpha value is -0.950. The summed E-state index contributed by atoms with van der Waals surface area (Å²) in [5.41, 5.74) is 0. The van der Waals surface area contributed by atoms with Gasteiger partial charge in [0.1, 0.15) is 0 Å². The summed E-state index contributed by atoms with van der Waals surface area (Å²) in [4.78, 5) is 26.9. The minimum absolute atomic E-state index is 0.0305. The van der Waals surface area contributed by atoms with E-state index in [2.05, 4.69) is 0 Å². The van der Waals surface area contributed by atoms with Gasteiger partial charge in [-0.15, -0.1) is 0 Å². The molecule has 2 rings (SSSR count). The highest BCUT2D eigenvalue weighted by molar-refractivity contribution is 7.99. The molecule has 2 heterocycles. The van der Waals surface area contributed by atoms with Crippen molar-refractivity contribution in [3.05, 3.63) is 0 Å². The maximum absolute atomic E-state index is 12.5. The van der Waals surface area contributed by atoms with Crippen LogP contribution in [0.1, 0.15) is 12.8 Å². The Morgan fingerprint density at radius 2 is 2.11 bits per heavy atom. The highest BCUT2D eigenvalue weighted by atomic mass is 32.2. The Bertz CT molecular complexity index is 332. The highest BCUT2D eigenvalue weighted by Gasteiger charge is 2.31. The van der Waals surface area contributed by atoms with Crippen molar-refractivity contribution >= 4 is 23.8 Å². The molecule has 108 valence electrons. The summed E-state index contributed by atoms with van der Waals surface area (Å²) in [5, 5.41) is 8.94. The van der Waals surface area contributed by atoms with Crippen molar-refractivity contribution in [3.8, 4) is 0 Å². The third-order valence-electron chi connectivity index (χ3n) is 3.38. The number of carbonyl (C=O) groups is 2. The maximum atomic E-state index is 12.5. The fourth-order valence-corrected chi connectivity index (χ4v) is 3.46. The molecule has 0 bridgehead atoms. The number of rotatable bonds is 2. The lowest BCUT2D eigenvalue weighted by Crippen LogP contribution is -2.53. The fourth-order valence-electron chi connectivity index (χ4n) is 2.40.